The number of nitrogens with zero attached hydrogens (tertiary/aromatic N) is 1. The second kappa shape index (κ2) is 7.87. The van der Waals surface area contributed by atoms with E-state index in [1.54, 1.807) is 0 Å². The van der Waals surface area contributed by atoms with Crippen LogP contribution in [0.3, 0.4) is 0 Å². The Kier molecular flexibility index (Phi) is 6.42. The standard InChI is InChI=1S/C17H27ClN2S/c1-4-19-16(14-5-7-15(18)8-6-14)9-10-20-11-12-21-17(2,3)13-20/h5-8,16,19H,4,9-13H2,1-3H3. The molecule has 0 bridgehead atoms. The lowest BCUT2D eigenvalue weighted by molar-refractivity contribution is 0.245. The third-order valence-electron chi connectivity index (χ3n) is 3.96. The molecule has 1 fully saturated rings. The van der Waals surface area contributed by atoms with Crippen molar-refractivity contribution in [3.05, 3.63) is 34.9 Å². The van der Waals surface area contributed by atoms with Gasteiger partial charge in [0.1, 0.15) is 0 Å². The predicted molar refractivity (Wildman–Crippen MR) is 95.5 cm³/mol. The summed E-state index contributed by atoms with van der Waals surface area (Å²) in [5, 5.41) is 4.41. The van der Waals surface area contributed by atoms with Crippen molar-refractivity contribution >= 4 is 23.4 Å². The lowest BCUT2D eigenvalue weighted by Gasteiger charge is -2.38. The van der Waals surface area contributed by atoms with Crippen LogP contribution in [-0.4, -0.2) is 41.6 Å². The van der Waals surface area contributed by atoms with Gasteiger partial charge in [0.25, 0.3) is 0 Å². The Bertz CT molecular complexity index is 433. The fourth-order valence-electron chi connectivity index (χ4n) is 2.94. The molecule has 1 atom stereocenters. The Morgan fingerprint density at radius 1 is 1.33 bits per heavy atom. The second-order valence-electron chi connectivity index (χ2n) is 6.33. The topological polar surface area (TPSA) is 15.3 Å². The van der Waals surface area contributed by atoms with E-state index in [2.05, 4.69) is 54.9 Å². The average molecular weight is 327 g/mol. The van der Waals surface area contributed by atoms with Crippen LogP contribution in [0.2, 0.25) is 5.02 Å². The van der Waals surface area contributed by atoms with E-state index < -0.39 is 0 Å². The summed E-state index contributed by atoms with van der Waals surface area (Å²) in [7, 11) is 0. The van der Waals surface area contributed by atoms with Crippen molar-refractivity contribution in [3.63, 3.8) is 0 Å². The molecular formula is C17H27ClN2S. The number of hydrogen-bond donors (Lipinski definition) is 1. The van der Waals surface area contributed by atoms with Gasteiger partial charge in [0.05, 0.1) is 0 Å². The first kappa shape index (κ1) is 17.1. The molecule has 2 rings (SSSR count). The zero-order valence-electron chi connectivity index (χ0n) is 13.4. The Morgan fingerprint density at radius 3 is 2.67 bits per heavy atom. The molecule has 118 valence electrons. The minimum Gasteiger partial charge on any atom is -0.310 e. The molecule has 4 heteroatoms. The second-order valence-corrected chi connectivity index (χ2v) is 8.57. The zero-order valence-corrected chi connectivity index (χ0v) is 14.9. The smallest absolute Gasteiger partial charge is 0.0406 e. The van der Waals surface area contributed by atoms with E-state index in [-0.39, 0.29) is 0 Å². The molecule has 0 aromatic heterocycles. The lowest BCUT2D eigenvalue weighted by atomic mass is 10.0. The molecule has 1 heterocycles. The van der Waals surface area contributed by atoms with Gasteiger partial charge in [-0.3, -0.25) is 0 Å². The van der Waals surface area contributed by atoms with Gasteiger partial charge in [-0.15, -0.1) is 0 Å². The van der Waals surface area contributed by atoms with Gasteiger partial charge in [-0.25, -0.2) is 0 Å². The van der Waals surface area contributed by atoms with Crippen LogP contribution in [0.5, 0.6) is 0 Å². The Morgan fingerprint density at radius 2 is 2.05 bits per heavy atom. The van der Waals surface area contributed by atoms with Gasteiger partial charge in [-0.05, 0) is 44.5 Å². The van der Waals surface area contributed by atoms with Crippen LogP contribution in [0.4, 0.5) is 0 Å². The maximum atomic E-state index is 5.99. The summed E-state index contributed by atoms with van der Waals surface area (Å²) in [6.07, 6.45) is 1.15. The summed E-state index contributed by atoms with van der Waals surface area (Å²) in [6, 6.07) is 8.69. The first-order chi connectivity index (χ1) is 10.00. The van der Waals surface area contributed by atoms with Crippen LogP contribution in [-0.2, 0) is 0 Å². The zero-order chi connectivity index (χ0) is 15.3. The number of benzene rings is 1. The first-order valence-electron chi connectivity index (χ1n) is 7.85. The van der Waals surface area contributed by atoms with Crippen LogP contribution < -0.4 is 5.32 Å². The fraction of sp³-hybridized carbons (Fsp3) is 0.647. The van der Waals surface area contributed by atoms with Crippen molar-refractivity contribution in [2.24, 2.45) is 0 Å². The van der Waals surface area contributed by atoms with Crippen LogP contribution in [0.1, 0.15) is 38.8 Å². The third-order valence-corrected chi connectivity index (χ3v) is 5.51. The van der Waals surface area contributed by atoms with Crippen LogP contribution in [0.25, 0.3) is 0 Å². The number of hydrogen-bond acceptors (Lipinski definition) is 3. The number of thioether (sulfide) groups is 1. The third kappa shape index (κ3) is 5.48. The highest BCUT2D eigenvalue weighted by atomic mass is 35.5. The average Bonchev–Trinajstić information content (AvgIpc) is 2.43. The molecule has 1 aromatic carbocycles. The van der Waals surface area contributed by atoms with E-state index in [1.165, 1.54) is 24.4 Å². The van der Waals surface area contributed by atoms with E-state index >= 15 is 0 Å². The van der Waals surface area contributed by atoms with Crippen LogP contribution >= 0.6 is 23.4 Å². The van der Waals surface area contributed by atoms with E-state index in [9.17, 15) is 0 Å². The van der Waals surface area contributed by atoms with Crippen molar-refractivity contribution in [2.75, 3.05) is 31.9 Å². The minimum absolute atomic E-state index is 0.395. The molecule has 1 unspecified atom stereocenters. The van der Waals surface area contributed by atoms with E-state index in [1.807, 2.05) is 12.1 Å². The Labute approximate surface area is 138 Å². The number of halogens is 1. The quantitative estimate of drug-likeness (QED) is 0.843. The van der Waals surface area contributed by atoms with Gasteiger partial charge in [-0.2, -0.15) is 11.8 Å². The summed E-state index contributed by atoms with van der Waals surface area (Å²) in [6.45, 7) is 11.4. The van der Waals surface area contributed by atoms with Crippen molar-refractivity contribution in [1.82, 2.24) is 10.2 Å². The lowest BCUT2D eigenvalue weighted by Crippen LogP contribution is -2.44. The maximum Gasteiger partial charge on any atom is 0.0406 e. The van der Waals surface area contributed by atoms with Crippen molar-refractivity contribution in [1.29, 1.82) is 0 Å². The summed E-state index contributed by atoms with van der Waals surface area (Å²) in [5.74, 6) is 1.25. The van der Waals surface area contributed by atoms with Crippen molar-refractivity contribution in [2.45, 2.75) is 38.0 Å². The van der Waals surface area contributed by atoms with Gasteiger partial charge in [0.15, 0.2) is 0 Å². The van der Waals surface area contributed by atoms with Gasteiger partial charge in [-0.1, -0.05) is 30.7 Å². The highest BCUT2D eigenvalue weighted by Crippen LogP contribution is 2.30. The summed E-state index contributed by atoms with van der Waals surface area (Å²) in [4.78, 5) is 2.61. The van der Waals surface area contributed by atoms with E-state index in [0.717, 1.165) is 24.5 Å². The molecule has 1 N–H and O–H groups in total. The number of rotatable bonds is 6. The van der Waals surface area contributed by atoms with Gasteiger partial charge >= 0.3 is 0 Å². The molecule has 0 saturated carbocycles. The summed E-state index contributed by atoms with van der Waals surface area (Å²) >= 11 is 8.09. The van der Waals surface area contributed by atoms with Gasteiger partial charge < -0.3 is 10.2 Å². The molecular weight excluding hydrogens is 300 g/mol. The highest BCUT2D eigenvalue weighted by Gasteiger charge is 2.27. The monoisotopic (exact) mass is 326 g/mol. The van der Waals surface area contributed by atoms with Crippen molar-refractivity contribution in [3.8, 4) is 0 Å². The van der Waals surface area contributed by atoms with Crippen LogP contribution in [0, 0.1) is 0 Å². The van der Waals surface area contributed by atoms with E-state index in [0.29, 0.717) is 10.8 Å². The van der Waals surface area contributed by atoms with Crippen LogP contribution in [0.15, 0.2) is 24.3 Å². The molecule has 0 spiro atoms. The molecule has 1 aromatic rings. The molecule has 0 aliphatic carbocycles. The molecule has 21 heavy (non-hydrogen) atoms. The van der Waals surface area contributed by atoms with Crippen molar-refractivity contribution < 1.29 is 0 Å². The predicted octanol–water partition coefficient (Wildman–Crippen LogP) is 4.21. The van der Waals surface area contributed by atoms with E-state index in [4.69, 9.17) is 11.6 Å². The Hall–Kier alpha value is -0.220. The first-order valence-corrected chi connectivity index (χ1v) is 9.22. The minimum atomic E-state index is 0.395. The normalized spacial score (nSPS) is 20.4. The molecule has 1 saturated heterocycles. The number of nitrogens with one attached hydrogen (secondary N) is 1. The molecule has 1 aliphatic rings. The molecule has 2 nitrogen and oxygen atoms in total. The SMILES string of the molecule is CCNC(CCN1CCSC(C)(C)C1)c1ccc(Cl)cc1. The fourth-order valence-corrected chi connectivity index (χ4v) is 4.25. The molecule has 0 radical (unpaired) electrons. The molecule has 1 aliphatic heterocycles. The summed E-state index contributed by atoms with van der Waals surface area (Å²) in [5.41, 5.74) is 1.34. The van der Waals surface area contributed by atoms with Gasteiger partial charge in [0.2, 0.25) is 0 Å². The molecule has 0 amide bonds. The largest absolute Gasteiger partial charge is 0.310 e. The summed E-state index contributed by atoms with van der Waals surface area (Å²) < 4.78 is 0.395. The highest BCUT2D eigenvalue weighted by molar-refractivity contribution is 8.00. The maximum absolute atomic E-state index is 5.99. The van der Waals surface area contributed by atoms with Gasteiger partial charge in [0, 0.05) is 41.2 Å². The Balaban J connectivity index is 1.92.